The fourth-order valence-electron chi connectivity index (χ4n) is 3.33. The van der Waals surface area contributed by atoms with Crippen LogP contribution in [0.3, 0.4) is 0 Å². The molecule has 2 aromatic carbocycles. The van der Waals surface area contributed by atoms with Gasteiger partial charge in [-0.05, 0) is 56.2 Å². The third-order valence-electron chi connectivity index (χ3n) is 5.85. The number of esters is 1. The highest BCUT2D eigenvalue weighted by Gasteiger charge is 2.46. The predicted molar refractivity (Wildman–Crippen MR) is 120 cm³/mol. The quantitative estimate of drug-likeness (QED) is 0.156. The van der Waals surface area contributed by atoms with Crippen LogP contribution >= 0.6 is 0 Å². The molecule has 2 atom stereocenters. The smallest absolute Gasteiger partial charge is 0.416 e. The number of carbonyl (C=O) groups excluding carboxylic acids is 2. The van der Waals surface area contributed by atoms with Crippen molar-refractivity contribution in [1.82, 2.24) is 0 Å². The van der Waals surface area contributed by atoms with E-state index in [-0.39, 0.29) is 24.6 Å². The highest BCUT2D eigenvalue weighted by Crippen LogP contribution is 2.38. The zero-order valence-electron chi connectivity index (χ0n) is 20.6. The fourth-order valence-corrected chi connectivity index (χ4v) is 4.37. The maximum Gasteiger partial charge on any atom is 0.416 e. The second kappa shape index (κ2) is 11.3. The molecular formula is C24H24F6O7S. The van der Waals surface area contributed by atoms with E-state index in [1.54, 1.807) is 24.3 Å². The molecule has 0 heterocycles. The second-order valence-electron chi connectivity index (χ2n) is 8.27. The zero-order valence-corrected chi connectivity index (χ0v) is 21.4. The highest BCUT2D eigenvalue weighted by molar-refractivity contribution is 7.86. The minimum atomic E-state index is -5.31. The molecule has 14 heteroatoms. The van der Waals surface area contributed by atoms with Crippen molar-refractivity contribution in [2.45, 2.75) is 50.5 Å². The van der Waals surface area contributed by atoms with Gasteiger partial charge in [-0.15, -0.1) is 0 Å². The Balaban J connectivity index is 2.38. The predicted octanol–water partition coefficient (Wildman–Crippen LogP) is 5.73. The van der Waals surface area contributed by atoms with E-state index in [0.717, 1.165) is 6.92 Å². The zero-order chi connectivity index (χ0) is 29.1. The summed E-state index contributed by atoms with van der Waals surface area (Å²) in [7, 11) is -3.86. The van der Waals surface area contributed by atoms with E-state index >= 15 is 0 Å². The Morgan fingerprint density at radius 3 is 1.82 bits per heavy atom. The summed E-state index contributed by atoms with van der Waals surface area (Å²) in [4.78, 5) is 24.1. The highest BCUT2D eigenvalue weighted by atomic mass is 32.2. The molecule has 0 bridgehead atoms. The standard InChI is InChI=1S/C24H24F6O7S/c1-5-22(15(3)31,21(32)37-14(2)16-6-8-19(35-4)9-7-16)13-36-38(33,34)20-11-17(23(25,26)27)10-18(12-20)24(28,29)30/h6-12,14H,5,13H2,1-4H3. The van der Waals surface area contributed by atoms with Crippen molar-refractivity contribution < 1.29 is 58.0 Å². The molecule has 0 N–H and O–H groups in total. The molecular weight excluding hydrogens is 546 g/mol. The van der Waals surface area contributed by atoms with E-state index in [2.05, 4.69) is 0 Å². The number of benzene rings is 2. The van der Waals surface area contributed by atoms with Gasteiger partial charge in [-0.25, -0.2) is 0 Å². The summed E-state index contributed by atoms with van der Waals surface area (Å²) in [6.45, 7) is 2.54. The lowest BCUT2D eigenvalue weighted by Crippen LogP contribution is -2.44. The Hall–Kier alpha value is -3.13. The number of carbonyl (C=O) groups is 2. The molecule has 7 nitrogen and oxygen atoms in total. The van der Waals surface area contributed by atoms with Crippen LogP contribution in [0.15, 0.2) is 47.4 Å². The number of rotatable bonds is 10. The van der Waals surface area contributed by atoms with E-state index in [4.69, 9.17) is 13.7 Å². The largest absolute Gasteiger partial charge is 0.497 e. The molecule has 0 fully saturated rings. The molecule has 2 rings (SSSR count). The number of Topliss-reactive ketones (excluding diaryl/α,β-unsaturated/α-hetero) is 1. The van der Waals surface area contributed by atoms with Crippen LogP contribution in [0.25, 0.3) is 0 Å². The van der Waals surface area contributed by atoms with E-state index in [1.807, 2.05) is 0 Å². The third-order valence-corrected chi connectivity index (χ3v) is 7.09. The Morgan fingerprint density at radius 1 is 0.921 bits per heavy atom. The Bertz CT molecular complexity index is 1240. The number of alkyl halides is 6. The third kappa shape index (κ3) is 7.04. The van der Waals surface area contributed by atoms with Crippen LogP contribution in [0.4, 0.5) is 26.3 Å². The summed E-state index contributed by atoms with van der Waals surface area (Å²) in [5.41, 5.74) is -5.49. The Labute approximate surface area is 214 Å². The van der Waals surface area contributed by atoms with Gasteiger partial charge < -0.3 is 9.47 Å². The van der Waals surface area contributed by atoms with E-state index in [9.17, 15) is 44.3 Å². The first kappa shape index (κ1) is 31.1. The number of ketones is 1. The normalized spacial score (nSPS) is 14.9. The SMILES string of the molecule is CCC(COS(=O)(=O)c1cc(C(F)(F)F)cc(C(F)(F)F)c1)(C(C)=O)C(=O)OC(C)c1ccc(OC)cc1. The van der Waals surface area contributed by atoms with Crippen LogP contribution in [-0.4, -0.2) is 33.9 Å². The summed E-state index contributed by atoms with van der Waals surface area (Å²) in [5, 5.41) is 0. The van der Waals surface area contributed by atoms with Gasteiger partial charge in [0, 0.05) is 0 Å². The van der Waals surface area contributed by atoms with Crippen molar-refractivity contribution in [1.29, 1.82) is 0 Å². The molecule has 0 aliphatic carbocycles. The number of hydrogen-bond acceptors (Lipinski definition) is 7. The molecule has 2 unspecified atom stereocenters. The first-order valence-electron chi connectivity index (χ1n) is 10.9. The summed E-state index contributed by atoms with van der Waals surface area (Å²) < 4.78 is 119. The number of halogens is 6. The van der Waals surface area contributed by atoms with Gasteiger partial charge in [0.25, 0.3) is 10.1 Å². The van der Waals surface area contributed by atoms with Gasteiger partial charge in [-0.1, -0.05) is 19.1 Å². The van der Waals surface area contributed by atoms with Gasteiger partial charge in [-0.2, -0.15) is 34.8 Å². The summed E-state index contributed by atoms with van der Waals surface area (Å²) in [6.07, 6.45) is -11.9. The van der Waals surface area contributed by atoms with Crippen LogP contribution in [0, 0.1) is 5.41 Å². The molecule has 0 aliphatic rings. The average Bonchev–Trinajstić information content (AvgIpc) is 2.83. The lowest BCUT2D eigenvalue weighted by Gasteiger charge is -2.29. The average molecular weight is 571 g/mol. The molecule has 0 aromatic heterocycles. The minimum Gasteiger partial charge on any atom is -0.497 e. The van der Waals surface area contributed by atoms with Crippen molar-refractivity contribution in [3.63, 3.8) is 0 Å². The van der Waals surface area contributed by atoms with Crippen LogP contribution in [-0.2, 0) is 41.0 Å². The monoisotopic (exact) mass is 570 g/mol. The van der Waals surface area contributed by atoms with Crippen molar-refractivity contribution in [3.8, 4) is 5.75 Å². The lowest BCUT2D eigenvalue weighted by atomic mass is 9.82. The van der Waals surface area contributed by atoms with Gasteiger partial charge in [-0.3, -0.25) is 13.8 Å². The number of ether oxygens (including phenoxy) is 2. The molecule has 0 saturated carbocycles. The van der Waals surface area contributed by atoms with Crippen molar-refractivity contribution in [2.75, 3.05) is 13.7 Å². The molecule has 210 valence electrons. The molecule has 2 aromatic rings. The molecule has 0 aliphatic heterocycles. The molecule has 0 amide bonds. The van der Waals surface area contributed by atoms with Gasteiger partial charge in [0.1, 0.15) is 17.6 Å². The topological polar surface area (TPSA) is 96.0 Å². The van der Waals surface area contributed by atoms with Gasteiger partial charge in [0.2, 0.25) is 0 Å². The molecule has 0 saturated heterocycles. The van der Waals surface area contributed by atoms with Crippen LogP contribution in [0.2, 0.25) is 0 Å². The van der Waals surface area contributed by atoms with Crippen LogP contribution in [0.5, 0.6) is 5.75 Å². The van der Waals surface area contributed by atoms with Crippen molar-refractivity contribution in [2.24, 2.45) is 5.41 Å². The molecule has 0 radical (unpaired) electrons. The molecule has 38 heavy (non-hydrogen) atoms. The molecule has 0 spiro atoms. The van der Waals surface area contributed by atoms with Crippen LogP contribution < -0.4 is 4.74 Å². The Kier molecular flexibility index (Phi) is 9.26. The van der Waals surface area contributed by atoms with E-state index < -0.39 is 68.4 Å². The van der Waals surface area contributed by atoms with Crippen molar-refractivity contribution in [3.05, 3.63) is 59.2 Å². The maximum atomic E-state index is 13.2. The van der Waals surface area contributed by atoms with Crippen LogP contribution in [0.1, 0.15) is 50.0 Å². The Morgan fingerprint density at radius 2 is 1.42 bits per heavy atom. The summed E-state index contributed by atoms with van der Waals surface area (Å²) in [6, 6.07) is 6.00. The van der Waals surface area contributed by atoms with E-state index in [0.29, 0.717) is 11.3 Å². The maximum absolute atomic E-state index is 13.2. The van der Waals surface area contributed by atoms with E-state index in [1.165, 1.54) is 21.0 Å². The number of hydrogen-bond donors (Lipinski definition) is 0. The fraction of sp³-hybridized carbons (Fsp3) is 0.417. The summed E-state index contributed by atoms with van der Waals surface area (Å²) in [5.74, 6) is -1.56. The first-order valence-corrected chi connectivity index (χ1v) is 12.3. The van der Waals surface area contributed by atoms with Gasteiger partial charge >= 0.3 is 18.3 Å². The lowest BCUT2D eigenvalue weighted by molar-refractivity contribution is -0.166. The second-order valence-corrected chi connectivity index (χ2v) is 9.89. The van der Waals surface area contributed by atoms with Gasteiger partial charge in [0.15, 0.2) is 5.41 Å². The summed E-state index contributed by atoms with van der Waals surface area (Å²) >= 11 is 0. The first-order chi connectivity index (χ1) is 17.4. The van der Waals surface area contributed by atoms with Crippen molar-refractivity contribution >= 4 is 21.9 Å². The minimum absolute atomic E-state index is 0.0317. The van der Waals surface area contributed by atoms with Gasteiger partial charge in [0.05, 0.1) is 29.7 Å². The number of methoxy groups -OCH3 is 1.